The molecule has 86 valence electrons. The van der Waals surface area contributed by atoms with Crippen LogP contribution in [0.1, 0.15) is 41.6 Å². The second-order valence-electron chi connectivity index (χ2n) is 4.41. The van der Waals surface area contributed by atoms with Gasteiger partial charge in [-0.1, -0.05) is 12.8 Å². The zero-order valence-corrected chi connectivity index (χ0v) is 9.70. The fourth-order valence-corrected chi connectivity index (χ4v) is 2.16. The molecule has 1 aromatic heterocycles. The maximum absolute atomic E-state index is 12.3. The Labute approximate surface area is 96.3 Å². The van der Waals surface area contributed by atoms with Crippen molar-refractivity contribution in [2.24, 2.45) is 0 Å². The molecule has 1 aromatic rings. The average molecular weight is 218 g/mol. The molecule has 0 amide bonds. The number of carbonyl (C=O) groups is 1. The van der Waals surface area contributed by atoms with E-state index in [2.05, 4.69) is 10.3 Å². The fraction of sp³-hybridized carbons (Fsp3) is 0.538. The minimum absolute atomic E-state index is 0.00889. The summed E-state index contributed by atoms with van der Waals surface area (Å²) in [6.45, 7) is 2.92. The van der Waals surface area contributed by atoms with Crippen LogP contribution in [0.5, 0.6) is 0 Å². The predicted molar refractivity (Wildman–Crippen MR) is 63.6 cm³/mol. The van der Waals surface area contributed by atoms with Crippen molar-refractivity contribution in [1.82, 2.24) is 10.3 Å². The number of aryl methyl sites for hydroxylation is 1. The van der Waals surface area contributed by atoms with Gasteiger partial charge in [-0.2, -0.15) is 0 Å². The van der Waals surface area contributed by atoms with Crippen LogP contribution in [0.15, 0.2) is 18.5 Å². The molecule has 1 unspecified atom stereocenters. The zero-order valence-electron chi connectivity index (χ0n) is 9.70. The monoisotopic (exact) mass is 218 g/mol. The van der Waals surface area contributed by atoms with Gasteiger partial charge in [0.15, 0.2) is 5.78 Å². The molecule has 2 heterocycles. The van der Waals surface area contributed by atoms with Crippen LogP contribution in [0, 0.1) is 6.92 Å². The van der Waals surface area contributed by atoms with E-state index in [1.807, 2.05) is 13.0 Å². The van der Waals surface area contributed by atoms with Crippen molar-refractivity contribution in [3.05, 3.63) is 29.6 Å². The minimum Gasteiger partial charge on any atom is -0.307 e. The molecule has 1 aliphatic rings. The lowest BCUT2D eigenvalue weighted by Crippen LogP contribution is -2.36. The Balaban J connectivity index is 2.14. The Kier molecular flexibility index (Phi) is 3.67. The van der Waals surface area contributed by atoms with Crippen LogP contribution in [-0.4, -0.2) is 23.4 Å². The minimum atomic E-state index is -0.00889. The quantitative estimate of drug-likeness (QED) is 0.773. The summed E-state index contributed by atoms with van der Waals surface area (Å²) in [4.78, 5) is 16.3. The molecule has 1 saturated heterocycles. The number of ketones is 1. The highest BCUT2D eigenvalue weighted by Crippen LogP contribution is 2.15. The molecule has 0 saturated carbocycles. The van der Waals surface area contributed by atoms with E-state index in [0.717, 1.165) is 30.5 Å². The summed E-state index contributed by atoms with van der Waals surface area (Å²) in [5.74, 6) is 0.201. The highest BCUT2D eigenvalue weighted by molar-refractivity contribution is 6.01. The first-order valence-corrected chi connectivity index (χ1v) is 5.97. The summed E-state index contributed by atoms with van der Waals surface area (Å²) in [6, 6.07) is 1.88. The molecule has 1 aliphatic heterocycles. The zero-order chi connectivity index (χ0) is 11.4. The number of nitrogens with one attached hydrogen (secondary N) is 1. The van der Waals surface area contributed by atoms with Gasteiger partial charge in [0.25, 0.3) is 0 Å². The molecule has 2 rings (SSSR count). The van der Waals surface area contributed by atoms with Crippen molar-refractivity contribution in [1.29, 1.82) is 0 Å². The molecule has 3 nitrogen and oxygen atoms in total. The molecule has 0 aliphatic carbocycles. The van der Waals surface area contributed by atoms with Crippen LogP contribution in [-0.2, 0) is 0 Å². The Hall–Kier alpha value is -1.22. The van der Waals surface area contributed by atoms with Crippen molar-refractivity contribution >= 4 is 5.78 Å². The first-order valence-electron chi connectivity index (χ1n) is 5.97. The highest BCUT2D eigenvalue weighted by Gasteiger charge is 2.21. The second-order valence-corrected chi connectivity index (χ2v) is 4.41. The topological polar surface area (TPSA) is 42.0 Å². The SMILES string of the molecule is Cc1ccncc1C(=O)C1CCCCCN1. The highest BCUT2D eigenvalue weighted by atomic mass is 16.1. The van der Waals surface area contributed by atoms with Crippen LogP contribution in [0.2, 0.25) is 0 Å². The number of hydrogen-bond donors (Lipinski definition) is 1. The standard InChI is InChI=1S/C13H18N2O/c1-10-6-8-14-9-11(10)13(16)12-5-3-2-4-7-15-12/h6,8-9,12,15H,2-5,7H2,1H3. The number of Topliss-reactive ketones (excluding diaryl/α,β-unsaturated/α-hetero) is 1. The molecule has 0 radical (unpaired) electrons. The van der Waals surface area contributed by atoms with E-state index in [4.69, 9.17) is 0 Å². The number of rotatable bonds is 2. The van der Waals surface area contributed by atoms with Gasteiger partial charge in [-0.15, -0.1) is 0 Å². The first kappa shape index (κ1) is 11.3. The van der Waals surface area contributed by atoms with Crippen LogP contribution in [0.4, 0.5) is 0 Å². The molecular weight excluding hydrogens is 200 g/mol. The largest absolute Gasteiger partial charge is 0.307 e. The molecule has 0 bridgehead atoms. The average Bonchev–Trinajstić information content (AvgIpc) is 2.57. The molecular formula is C13H18N2O. The smallest absolute Gasteiger partial charge is 0.181 e. The lowest BCUT2D eigenvalue weighted by atomic mass is 9.99. The van der Waals surface area contributed by atoms with Gasteiger partial charge in [0.05, 0.1) is 6.04 Å². The fourth-order valence-electron chi connectivity index (χ4n) is 2.16. The molecule has 1 fully saturated rings. The summed E-state index contributed by atoms with van der Waals surface area (Å²) in [6.07, 6.45) is 7.91. The van der Waals surface area contributed by atoms with Crippen molar-refractivity contribution < 1.29 is 4.79 Å². The number of aromatic nitrogens is 1. The number of hydrogen-bond acceptors (Lipinski definition) is 3. The third kappa shape index (κ3) is 2.47. The number of carbonyl (C=O) groups excluding carboxylic acids is 1. The summed E-state index contributed by atoms with van der Waals surface area (Å²) in [5.41, 5.74) is 1.79. The van der Waals surface area contributed by atoms with E-state index in [-0.39, 0.29) is 11.8 Å². The molecule has 3 heteroatoms. The van der Waals surface area contributed by atoms with E-state index in [1.165, 1.54) is 12.8 Å². The van der Waals surface area contributed by atoms with Gasteiger partial charge < -0.3 is 5.32 Å². The first-order chi connectivity index (χ1) is 7.79. The normalized spacial score (nSPS) is 21.4. The van der Waals surface area contributed by atoms with Crippen molar-refractivity contribution in [3.8, 4) is 0 Å². The molecule has 1 N–H and O–H groups in total. The third-order valence-electron chi connectivity index (χ3n) is 3.18. The van der Waals surface area contributed by atoms with E-state index in [0.29, 0.717) is 0 Å². The third-order valence-corrected chi connectivity index (χ3v) is 3.18. The van der Waals surface area contributed by atoms with Crippen LogP contribution >= 0.6 is 0 Å². The maximum atomic E-state index is 12.3. The van der Waals surface area contributed by atoms with Crippen LogP contribution in [0.3, 0.4) is 0 Å². The lowest BCUT2D eigenvalue weighted by molar-refractivity contribution is 0.0939. The van der Waals surface area contributed by atoms with Gasteiger partial charge >= 0.3 is 0 Å². The lowest BCUT2D eigenvalue weighted by Gasteiger charge is -2.15. The van der Waals surface area contributed by atoms with Crippen molar-refractivity contribution in [2.75, 3.05) is 6.54 Å². The molecule has 0 spiro atoms. The summed E-state index contributed by atoms with van der Waals surface area (Å²) in [7, 11) is 0. The van der Waals surface area contributed by atoms with Crippen molar-refractivity contribution in [3.63, 3.8) is 0 Å². The Morgan fingerprint density at radius 1 is 1.44 bits per heavy atom. The van der Waals surface area contributed by atoms with E-state index in [1.54, 1.807) is 12.4 Å². The molecule has 1 atom stereocenters. The van der Waals surface area contributed by atoms with Gasteiger partial charge in [0, 0.05) is 18.0 Å². The van der Waals surface area contributed by atoms with Gasteiger partial charge in [0.2, 0.25) is 0 Å². The van der Waals surface area contributed by atoms with Gasteiger partial charge in [-0.25, -0.2) is 0 Å². The van der Waals surface area contributed by atoms with Gasteiger partial charge in [-0.3, -0.25) is 9.78 Å². The van der Waals surface area contributed by atoms with E-state index >= 15 is 0 Å². The Bertz CT molecular complexity index is 368. The second kappa shape index (κ2) is 5.21. The van der Waals surface area contributed by atoms with Gasteiger partial charge in [0.1, 0.15) is 0 Å². The number of nitrogens with zero attached hydrogens (tertiary/aromatic N) is 1. The Morgan fingerprint density at radius 3 is 3.12 bits per heavy atom. The summed E-state index contributed by atoms with van der Waals surface area (Å²) >= 11 is 0. The van der Waals surface area contributed by atoms with E-state index < -0.39 is 0 Å². The predicted octanol–water partition coefficient (Wildman–Crippen LogP) is 2.10. The summed E-state index contributed by atoms with van der Waals surface area (Å²) < 4.78 is 0. The summed E-state index contributed by atoms with van der Waals surface area (Å²) in [5, 5.41) is 3.33. The maximum Gasteiger partial charge on any atom is 0.181 e. The van der Waals surface area contributed by atoms with Gasteiger partial charge in [-0.05, 0) is 37.9 Å². The van der Waals surface area contributed by atoms with Crippen LogP contribution in [0.25, 0.3) is 0 Å². The molecule has 0 aromatic carbocycles. The molecule has 16 heavy (non-hydrogen) atoms. The van der Waals surface area contributed by atoms with Crippen molar-refractivity contribution in [2.45, 2.75) is 38.6 Å². The van der Waals surface area contributed by atoms with Crippen LogP contribution < -0.4 is 5.32 Å². The number of pyridine rings is 1. The Morgan fingerprint density at radius 2 is 2.31 bits per heavy atom. The van der Waals surface area contributed by atoms with E-state index in [9.17, 15) is 4.79 Å².